The lowest BCUT2D eigenvalue weighted by Gasteiger charge is -2.60. The Labute approximate surface area is 209 Å². The molecule has 12 atom stereocenters. The van der Waals surface area contributed by atoms with Gasteiger partial charge in [0.05, 0.1) is 29.5 Å². The number of aliphatic hydroxyl groups is 6. The van der Waals surface area contributed by atoms with Gasteiger partial charge in [-0.05, 0) is 92.6 Å². The smallest absolute Gasteiger partial charge is 0.159 e. The highest BCUT2D eigenvalue weighted by molar-refractivity contribution is 5.95. The van der Waals surface area contributed by atoms with Crippen molar-refractivity contribution in [2.45, 2.75) is 109 Å². The molecule has 0 aromatic carbocycles. The molecule has 0 amide bonds. The first-order chi connectivity index (χ1) is 16.1. The molecule has 1 unspecified atom stereocenters. The molecule has 3 fully saturated rings. The number of carbonyl (C=O) groups is 1. The van der Waals surface area contributed by atoms with Gasteiger partial charge in [-0.1, -0.05) is 27.7 Å². The Morgan fingerprint density at radius 1 is 1.09 bits per heavy atom. The highest BCUT2D eigenvalue weighted by atomic mass is 16.3. The van der Waals surface area contributed by atoms with E-state index in [0.717, 1.165) is 0 Å². The van der Waals surface area contributed by atoms with Crippen LogP contribution in [0.25, 0.3) is 0 Å². The van der Waals surface area contributed by atoms with Gasteiger partial charge in [-0.25, -0.2) is 0 Å². The zero-order valence-corrected chi connectivity index (χ0v) is 21.9. The van der Waals surface area contributed by atoms with Gasteiger partial charge < -0.3 is 30.6 Å². The van der Waals surface area contributed by atoms with Gasteiger partial charge in [0.1, 0.15) is 0 Å². The van der Waals surface area contributed by atoms with E-state index in [1.807, 2.05) is 27.7 Å². The van der Waals surface area contributed by atoms with E-state index in [1.165, 1.54) is 0 Å². The Morgan fingerprint density at radius 3 is 2.37 bits per heavy atom. The lowest BCUT2D eigenvalue weighted by atomic mass is 9.45. The fourth-order valence-electron chi connectivity index (χ4n) is 8.54. The maximum Gasteiger partial charge on any atom is 0.159 e. The standard InChI is InChI=1S/C28H46O7/c1-15(16(2)14-29)10-24(33)27(5,34)23-7-9-28(35)18-11-20(30)19-12-21(31)22(32)13-25(19,3)17(18)6-8-26(23,28)4/h11,15-17,19,21-24,29,31-35H,6-10,12-14H2,1-5H3/t15-,16?,17+,19+,21-,22+,23+,24-,25-,26-,27-,28-/m1/s1. The molecule has 0 aliphatic heterocycles. The van der Waals surface area contributed by atoms with Crippen molar-refractivity contribution < 1.29 is 35.4 Å². The summed E-state index contributed by atoms with van der Waals surface area (Å²) in [5, 5.41) is 65.3. The van der Waals surface area contributed by atoms with Gasteiger partial charge in [0.15, 0.2) is 5.78 Å². The first-order valence-corrected chi connectivity index (χ1v) is 13.5. The zero-order chi connectivity index (χ0) is 26.1. The molecule has 0 radical (unpaired) electrons. The Kier molecular flexibility index (Phi) is 6.91. The molecule has 0 saturated heterocycles. The van der Waals surface area contributed by atoms with Crippen LogP contribution < -0.4 is 0 Å². The average molecular weight is 495 g/mol. The fraction of sp³-hybridized carbons (Fsp3) is 0.893. The molecule has 7 heteroatoms. The number of rotatable bonds is 6. The molecule has 0 aromatic heterocycles. The Hall–Kier alpha value is -0.830. The highest BCUT2D eigenvalue weighted by Crippen LogP contribution is 2.68. The van der Waals surface area contributed by atoms with Crippen LogP contribution in [0.2, 0.25) is 0 Å². The van der Waals surface area contributed by atoms with Crippen molar-refractivity contribution in [3.63, 3.8) is 0 Å². The molecule has 200 valence electrons. The van der Waals surface area contributed by atoms with Crippen molar-refractivity contribution in [1.29, 1.82) is 0 Å². The molecule has 0 heterocycles. The summed E-state index contributed by atoms with van der Waals surface area (Å²) in [6, 6.07) is 0. The number of carbonyl (C=O) groups excluding carboxylic acids is 1. The molecule has 4 aliphatic rings. The van der Waals surface area contributed by atoms with Crippen molar-refractivity contribution in [3.05, 3.63) is 11.6 Å². The molecule has 35 heavy (non-hydrogen) atoms. The quantitative estimate of drug-likeness (QED) is 0.332. The number of ketones is 1. The van der Waals surface area contributed by atoms with E-state index in [0.29, 0.717) is 44.1 Å². The van der Waals surface area contributed by atoms with Gasteiger partial charge in [-0.15, -0.1) is 0 Å². The van der Waals surface area contributed by atoms with E-state index >= 15 is 0 Å². The molecule has 7 nitrogen and oxygen atoms in total. The van der Waals surface area contributed by atoms with Crippen LogP contribution >= 0.6 is 0 Å². The van der Waals surface area contributed by atoms with Crippen LogP contribution in [0.4, 0.5) is 0 Å². The number of fused-ring (bicyclic) bond motifs is 5. The number of aliphatic hydroxyl groups excluding tert-OH is 4. The second-order valence-corrected chi connectivity index (χ2v) is 13.2. The average Bonchev–Trinajstić information content (AvgIpc) is 3.07. The second-order valence-electron chi connectivity index (χ2n) is 13.2. The van der Waals surface area contributed by atoms with Crippen molar-refractivity contribution in [1.82, 2.24) is 0 Å². The summed E-state index contributed by atoms with van der Waals surface area (Å²) < 4.78 is 0. The monoisotopic (exact) mass is 494 g/mol. The number of hydrogen-bond acceptors (Lipinski definition) is 7. The molecule has 6 N–H and O–H groups in total. The minimum atomic E-state index is -1.44. The molecule has 0 bridgehead atoms. The predicted molar refractivity (Wildman–Crippen MR) is 131 cm³/mol. The molecule has 4 aliphatic carbocycles. The van der Waals surface area contributed by atoms with E-state index < -0.39 is 40.3 Å². The fourth-order valence-corrected chi connectivity index (χ4v) is 8.54. The van der Waals surface area contributed by atoms with Gasteiger partial charge in [0.2, 0.25) is 0 Å². The van der Waals surface area contributed by atoms with E-state index in [4.69, 9.17) is 0 Å². The van der Waals surface area contributed by atoms with Crippen LogP contribution in [-0.2, 0) is 4.79 Å². The summed E-state index contributed by atoms with van der Waals surface area (Å²) in [5.41, 5.74) is -3.26. The van der Waals surface area contributed by atoms with Crippen molar-refractivity contribution >= 4 is 5.78 Å². The Bertz CT molecular complexity index is 869. The topological polar surface area (TPSA) is 138 Å². The predicted octanol–water partition coefficient (Wildman–Crippen LogP) is 1.96. The zero-order valence-electron chi connectivity index (χ0n) is 21.9. The van der Waals surface area contributed by atoms with Crippen molar-refractivity contribution in [2.75, 3.05) is 6.61 Å². The van der Waals surface area contributed by atoms with Crippen LogP contribution in [0.15, 0.2) is 11.6 Å². The van der Waals surface area contributed by atoms with Crippen LogP contribution in [0.1, 0.15) is 79.6 Å². The van der Waals surface area contributed by atoms with Crippen LogP contribution in [-0.4, -0.2) is 72.5 Å². The third kappa shape index (κ3) is 3.88. The molecular formula is C28H46O7. The lowest BCUT2D eigenvalue weighted by molar-refractivity contribution is -0.177. The highest BCUT2D eigenvalue weighted by Gasteiger charge is 2.69. The molecule has 3 saturated carbocycles. The van der Waals surface area contributed by atoms with Crippen LogP contribution in [0, 0.1) is 40.4 Å². The van der Waals surface area contributed by atoms with Crippen molar-refractivity contribution in [3.8, 4) is 0 Å². The van der Waals surface area contributed by atoms with Gasteiger partial charge >= 0.3 is 0 Å². The normalized spacial score (nSPS) is 47.6. The van der Waals surface area contributed by atoms with Gasteiger partial charge in [-0.3, -0.25) is 4.79 Å². The summed E-state index contributed by atoms with van der Waals surface area (Å²) in [6.45, 7) is 9.57. The van der Waals surface area contributed by atoms with E-state index in [1.54, 1.807) is 13.0 Å². The van der Waals surface area contributed by atoms with E-state index in [-0.39, 0.29) is 48.4 Å². The second kappa shape index (κ2) is 8.88. The van der Waals surface area contributed by atoms with Gasteiger partial charge in [0, 0.05) is 17.9 Å². The summed E-state index contributed by atoms with van der Waals surface area (Å²) in [6.07, 6.45) is 2.00. The molecular weight excluding hydrogens is 448 g/mol. The Balaban J connectivity index is 1.66. The first kappa shape index (κ1) is 27.2. The summed E-state index contributed by atoms with van der Waals surface area (Å²) in [4.78, 5) is 13.3. The number of hydrogen-bond donors (Lipinski definition) is 6. The van der Waals surface area contributed by atoms with Crippen molar-refractivity contribution in [2.24, 2.45) is 40.4 Å². The van der Waals surface area contributed by atoms with E-state index in [9.17, 15) is 35.4 Å². The van der Waals surface area contributed by atoms with E-state index in [2.05, 4.69) is 0 Å². The maximum absolute atomic E-state index is 13.3. The van der Waals surface area contributed by atoms with Gasteiger partial charge in [0.25, 0.3) is 0 Å². The first-order valence-electron chi connectivity index (χ1n) is 13.5. The Morgan fingerprint density at radius 2 is 1.74 bits per heavy atom. The lowest BCUT2D eigenvalue weighted by Crippen LogP contribution is -2.63. The number of allylic oxidation sites excluding steroid dienone is 1. The third-order valence-electron chi connectivity index (χ3n) is 11.4. The minimum Gasteiger partial charge on any atom is -0.396 e. The molecule has 4 rings (SSSR count). The minimum absolute atomic E-state index is 0.00319. The molecule has 0 aromatic rings. The summed E-state index contributed by atoms with van der Waals surface area (Å²) >= 11 is 0. The molecule has 0 spiro atoms. The van der Waals surface area contributed by atoms with Crippen LogP contribution in [0.5, 0.6) is 0 Å². The maximum atomic E-state index is 13.3. The summed E-state index contributed by atoms with van der Waals surface area (Å²) in [5.74, 6) is -0.890. The summed E-state index contributed by atoms with van der Waals surface area (Å²) in [7, 11) is 0. The SMILES string of the molecule is CC(CO)[C@H](C)C[C@@H](O)[C@](C)(O)[C@H]1CC[C@@]2(O)C3=CC(=O)[C@@H]4C[C@@H](O)[C@@H](O)C[C@]4(C)[C@H]3CC[C@]12C. The largest absolute Gasteiger partial charge is 0.396 e. The van der Waals surface area contributed by atoms with Crippen LogP contribution in [0.3, 0.4) is 0 Å². The third-order valence-corrected chi connectivity index (χ3v) is 11.4. The van der Waals surface area contributed by atoms with Gasteiger partial charge in [-0.2, -0.15) is 0 Å².